The minimum atomic E-state index is 0.196. The van der Waals surface area contributed by atoms with E-state index in [4.69, 9.17) is 17.3 Å². The molecule has 1 aromatic rings. The third kappa shape index (κ3) is 3.56. The van der Waals surface area contributed by atoms with Crippen molar-refractivity contribution in [3.05, 3.63) is 33.3 Å². The lowest BCUT2D eigenvalue weighted by molar-refractivity contribution is 0.0992. The van der Waals surface area contributed by atoms with E-state index in [9.17, 15) is 0 Å². The quantitative estimate of drug-likeness (QED) is 0.850. The van der Waals surface area contributed by atoms with Crippen LogP contribution in [0.1, 0.15) is 44.2 Å². The number of benzene rings is 1. The Labute approximate surface area is 135 Å². The highest BCUT2D eigenvalue weighted by Crippen LogP contribution is 2.35. The van der Waals surface area contributed by atoms with E-state index in [0.29, 0.717) is 12.6 Å². The third-order valence-electron chi connectivity index (χ3n) is 4.63. The fourth-order valence-electron chi connectivity index (χ4n) is 3.42. The van der Waals surface area contributed by atoms with E-state index in [1.54, 1.807) is 0 Å². The summed E-state index contributed by atoms with van der Waals surface area (Å²) in [5, 5.41) is 0.796. The highest BCUT2D eigenvalue weighted by atomic mass is 79.9. The monoisotopic (exact) mass is 358 g/mol. The van der Waals surface area contributed by atoms with Gasteiger partial charge in [-0.1, -0.05) is 53.4 Å². The summed E-state index contributed by atoms with van der Waals surface area (Å²) in [5.41, 5.74) is 7.19. The lowest BCUT2D eigenvalue weighted by atomic mass is 9.84. The number of nitrogens with two attached hydrogens (primary N) is 1. The lowest BCUT2D eigenvalue weighted by Crippen LogP contribution is -2.43. The van der Waals surface area contributed by atoms with Gasteiger partial charge >= 0.3 is 0 Å². The zero-order valence-electron chi connectivity index (χ0n) is 12.3. The molecule has 1 aromatic carbocycles. The van der Waals surface area contributed by atoms with Gasteiger partial charge in [0.15, 0.2) is 0 Å². The van der Waals surface area contributed by atoms with Gasteiger partial charge in [-0.15, -0.1) is 0 Å². The van der Waals surface area contributed by atoms with E-state index < -0.39 is 0 Å². The first kappa shape index (κ1) is 16.3. The molecule has 2 N–H and O–H groups in total. The van der Waals surface area contributed by atoms with Gasteiger partial charge in [0.2, 0.25) is 0 Å². The van der Waals surface area contributed by atoms with Gasteiger partial charge in [-0.25, -0.2) is 0 Å². The van der Waals surface area contributed by atoms with E-state index in [0.717, 1.165) is 21.0 Å². The predicted octanol–water partition coefficient (Wildman–Crippen LogP) is 4.61. The number of hydrogen-bond donors (Lipinski definition) is 1. The summed E-state index contributed by atoms with van der Waals surface area (Å²) in [6.07, 6.45) is 5.27. The van der Waals surface area contributed by atoms with Gasteiger partial charge in [0.25, 0.3) is 0 Å². The van der Waals surface area contributed by atoms with Gasteiger partial charge < -0.3 is 5.73 Å². The van der Waals surface area contributed by atoms with Crippen molar-refractivity contribution in [1.29, 1.82) is 0 Å². The molecule has 3 unspecified atom stereocenters. The summed E-state index contributed by atoms with van der Waals surface area (Å²) in [6, 6.07) is 6.89. The van der Waals surface area contributed by atoms with Crippen molar-refractivity contribution in [3.63, 3.8) is 0 Å². The average molecular weight is 360 g/mol. The van der Waals surface area contributed by atoms with Crippen molar-refractivity contribution < 1.29 is 0 Å². The van der Waals surface area contributed by atoms with Gasteiger partial charge in [0, 0.05) is 28.1 Å². The van der Waals surface area contributed by atoms with Crippen LogP contribution in [-0.4, -0.2) is 24.5 Å². The summed E-state index contributed by atoms with van der Waals surface area (Å²) in [6.45, 7) is 2.96. The molecule has 0 spiro atoms. The molecule has 0 saturated heterocycles. The molecule has 2 nitrogen and oxygen atoms in total. The first-order chi connectivity index (χ1) is 9.54. The number of hydrogen-bond acceptors (Lipinski definition) is 2. The molecule has 0 radical (unpaired) electrons. The highest BCUT2D eigenvalue weighted by Gasteiger charge is 2.30. The van der Waals surface area contributed by atoms with E-state index >= 15 is 0 Å². The molecular formula is C16H24BrClN2. The molecule has 0 heterocycles. The summed E-state index contributed by atoms with van der Waals surface area (Å²) in [7, 11) is 2.20. The zero-order valence-corrected chi connectivity index (χ0v) is 14.6. The largest absolute Gasteiger partial charge is 0.329 e. The second kappa shape index (κ2) is 7.26. The van der Waals surface area contributed by atoms with Crippen molar-refractivity contribution in [2.24, 2.45) is 11.7 Å². The number of halogens is 2. The molecule has 1 aliphatic carbocycles. The van der Waals surface area contributed by atoms with Crippen LogP contribution in [0.5, 0.6) is 0 Å². The molecule has 1 aliphatic rings. The smallest absolute Gasteiger partial charge is 0.0485 e. The lowest BCUT2D eigenvalue weighted by Gasteiger charge is -2.41. The van der Waals surface area contributed by atoms with E-state index in [1.807, 2.05) is 12.1 Å². The summed E-state index contributed by atoms with van der Waals surface area (Å²) in [5.74, 6) is 0.733. The van der Waals surface area contributed by atoms with Gasteiger partial charge in [-0.3, -0.25) is 4.90 Å². The van der Waals surface area contributed by atoms with Crippen molar-refractivity contribution >= 4 is 27.5 Å². The summed E-state index contributed by atoms with van der Waals surface area (Å²) in [4.78, 5) is 2.44. The van der Waals surface area contributed by atoms with Crippen LogP contribution in [0.15, 0.2) is 22.7 Å². The normalized spacial score (nSPS) is 24.9. The van der Waals surface area contributed by atoms with Gasteiger partial charge in [0.05, 0.1) is 0 Å². The third-order valence-corrected chi connectivity index (χ3v) is 5.45. The summed E-state index contributed by atoms with van der Waals surface area (Å²) < 4.78 is 1.01. The first-order valence-corrected chi connectivity index (χ1v) is 8.58. The SMILES string of the molecule is CC1CCCCC1N(C)C(CN)c1ccc(Br)cc1Cl. The van der Waals surface area contributed by atoms with Crippen molar-refractivity contribution in [2.45, 2.75) is 44.7 Å². The maximum atomic E-state index is 6.41. The maximum Gasteiger partial charge on any atom is 0.0485 e. The van der Waals surface area contributed by atoms with Crippen LogP contribution >= 0.6 is 27.5 Å². The molecule has 4 heteroatoms. The van der Waals surface area contributed by atoms with E-state index in [1.165, 1.54) is 25.7 Å². The predicted molar refractivity (Wildman–Crippen MR) is 90.1 cm³/mol. The van der Waals surface area contributed by atoms with Gasteiger partial charge in [-0.2, -0.15) is 0 Å². The van der Waals surface area contributed by atoms with E-state index in [-0.39, 0.29) is 6.04 Å². The summed E-state index contributed by atoms with van der Waals surface area (Å²) >= 11 is 9.87. The maximum absolute atomic E-state index is 6.41. The van der Waals surface area contributed by atoms with Crippen molar-refractivity contribution in [3.8, 4) is 0 Å². The average Bonchev–Trinajstić information content (AvgIpc) is 2.42. The molecule has 1 fully saturated rings. The van der Waals surface area contributed by atoms with Crippen LogP contribution in [-0.2, 0) is 0 Å². The van der Waals surface area contributed by atoms with Gasteiger partial charge in [0.1, 0.15) is 0 Å². The molecule has 1 saturated carbocycles. The first-order valence-electron chi connectivity index (χ1n) is 7.41. The highest BCUT2D eigenvalue weighted by molar-refractivity contribution is 9.10. The molecule has 2 rings (SSSR count). The fraction of sp³-hybridized carbons (Fsp3) is 0.625. The Morgan fingerprint density at radius 3 is 2.70 bits per heavy atom. The minimum absolute atomic E-state index is 0.196. The topological polar surface area (TPSA) is 29.3 Å². The Balaban J connectivity index is 2.22. The van der Waals surface area contributed by atoms with Gasteiger partial charge in [-0.05, 0) is 43.5 Å². The van der Waals surface area contributed by atoms with Crippen LogP contribution in [0.4, 0.5) is 0 Å². The number of nitrogens with zero attached hydrogens (tertiary/aromatic N) is 1. The van der Waals surface area contributed by atoms with E-state index in [2.05, 4.69) is 40.9 Å². The van der Waals surface area contributed by atoms with Crippen molar-refractivity contribution in [2.75, 3.05) is 13.6 Å². The molecule has 0 aromatic heterocycles. The Hall–Kier alpha value is -0.0900. The minimum Gasteiger partial charge on any atom is -0.329 e. The van der Waals surface area contributed by atoms with Crippen LogP contribution < -0.4 is 5.73 Å². The Bertz CT molecular complexity index is 452. The molecular weight excluding hydrogens is 336 g/mol. The van der Waals surface area contributed by atoms with Crippen LogP contribution in [0, 0.1) is 5.92 Å². The molecule has 0 amide bonds. The molecule has 0 bridgehead atoms. The number of likely N-dealkylation sites (N-methyl/N-ethyl adjacent to an activating group) is 1. The number of rotatable bonds is 4. The molecule has 112 valence electrons. The zero-order chi connectivity index (χ0) is 14.7. The fourth-order valence-corrected chi connectivity index (χ4v) is 4.22. The van der Waals surface area contributed by atoms with Crippen LogP contribution in [0.25, 0.3) is 0 Å². The molecule has 0 aliphatic heterocycles. The standard InChI is InChI=1S/C16H24BrClN2/c1-11-5-3-4-6-15(11)20(2)16(10-19)13-8-7-12(17)9-14(13)18/h7-9,11,15-16H,3-6,10,19H2,1-2H3. The van der Waals surface area contributed by atoms with Crippen molar-refractivity contribution in [1.82, 2.24) is 4.90 Å². The second-order valence-electron chi connectivity index (χ2n) is 5.91. The van der Waals surface area contributed by atoms with Crippen LogP contribution in [0.2, 0.25) is 5.02 Å². The Morgan fingerprint density at radius 1 is 1.40 bits per heavy atom. The second-order valence-corrected chi connectivity index (χ2v) is 7.23. The van der Waals surface area contributed by atoms with Crippen LogP contribution in [0.3, 0.4) is 0 Å². The molecule has 3 atom stereocenters. The Kier molecular flexibility index (Phi) is 5.91. The Morgan fingerprint density at radius 2 is 2.10 bits per heavy atom. The molecule has 20 heavy (non-hydrogen) atoms.